The van der Waals surface area contributed by atoms with Crippen LogP contribution in [0.25, 0.3) is 44.5 Å². The van der Waals surface area contributed by atoms with Gasteiger partial charge in [0.2, 0.25) is 0 Å². The number of ether oxygens (including phenoxy) is 2. The molecule has 4 nitrogen and oxygen atoms in total. The van der Waals surface area contributed by atoms with Gasteiger partial charge in [0, 0.05) is 73.0 Å². The molecule has 0 bridgehead atoms. The molecule has 462 valence electrons. The van der Waals surface area contributed by atoms with Crippen molar-refractivity contribution in [2.24, 2.45) is 0 Å². The Labute approximate surface area is 553 Å². The van der Waals surface area contributed by atoms with E-state index < -0.39 is 5.41 Å². The number of hydrogen-bond donors (Lipinski definition) is 0. The number of fused-ring (bicyclic) bond motifs is 8. The lowest BCUT2D eigenvalue weighted by molar-refractivity contribution is 0.418. The van der Waals surface area contributed by atoms with Crippen molar-refractivity contribution in [3.63, 3.8) is 0 Å². The molecule has 11 aromatic carbocycles. The molecule has 0 unspecified atom stereocenters. The Hall–Kier alpha value is -9.32. The summed E-state index contributed by atoms with van der Waals surface area (Å²) >= 11 is 0. The van der Waals surface area contributed by atoms with Crippen molar-refractivity contribution in [2.75, 3.05) is 9.80 Å². The molecule has 4 aliphatic rings. The van der Waals surface area contributed by atoms with Gasteiger partial charge in [-0.2, -0.15) is 0 Å². The molecule has 4 heterocycles. The Morgan fingerprint density at radius 2 is 0.688 bits per heavy atom. The standard InChI is InChI=1S/C88H85BN2O2/c1-83(2,3)60-42-58(43-61(50-60)84(4,5)6)64-30-20-24-34-72(64)90-74-41-39-55(54-28-18-17-19-29-54)46-70(74)89-71-52-69-81(93-79-37-27-23-33-67(79)88(69,15)16)53-75(71)91(73-35-25-21-31-65(73)59-44-62(85(7,8)9)51-63(45-59)86(10,11)12)77-48-57(47-76(90)82(77)89)56-38-40-68-80(49-56)92-78-36-26-22-32-66(78)87(68,13)14/h17-53H,1-16H3. The smallest absolute Gasteiger partial charge is 0.252 e. The molecule has 0 saturated carbocycles. The van der Waals surface area contributed by atoms with Crippen LogP contribution in [0.2, 0.25) is 0 Å². The topological polar surface area (TPSA) is 24.9 Å². The predicted molar refractivity (Wildman–Crippen MR) is 394 cm³/mol. The third-order valence-electron chi connectivity index (χ3n) is 20.7. The molecule has 0 amide bonds. The van der Waals surface area contributed by atoms with E-state index in [9.17, 15) is 0 Å². The lowest BCUT2D eigenvalue weighted by Gasteiger charge is -2.46. The molecular formula is C88H85BN2O2. The predicted octanol–water partition coefficient (Wildman–Crippen LogP) is 22.5. The van der Waals surface area contributed by atoms with E-state index in [4.69, 9.17) is 9.47 Å². The molecule has 0 aliphatic carbocycles. The van der Waals surface area contributed by atoms with E-state index in [1.54, 1.807) is 0 Å². The fourth-order valence-corrected chi connectivity index (χ4v) is 15.2. The van der Waals surface area contributed by atoms with E-state index in [1.807, 2.05) is 0 Å². The van der Waals surface area contributed by atoms with Crippen LogP contribution in [0.5, 0.6) is 23.0 Å². The first-order valence-corrected chi connectivity index (χ1v) is 33.5. The van der Waals surface area contributed by atoms with Gasteiger partial charge in [0.25, 0.3) is 6.71 Å². The maximum absolute atomic E-state index is 7.25. The first-order chi connectivity index (χ1) is 44.1. The molecule has 0 saturated heterocycles. The Morgan fingerprint density at radius 1 is 0.280 bits per heavy atom. The summed E-state index contributed by atoms with van der Waals surface area (Å²) in [6, 6.07) is 85.3. The molecule has 0 N–H and O–H groups in total. The summed E-state index contributed by atoms with van der Waals surface area (Å²) < 4.78 is 14.3. The highest BCUT2D eigenvalue weighted by Crippen LogP contribution is 2.56. The zero-order chi connectivity index (χ0) is 65.1. The van der Waals surface area contributed by atoms with Crippen molar-refractivity contribution in [1.29, 1.82) is 0 Å². The summed E-state index contributed by atoms with van der Waals surface area (Å²) in [6.07, 6.45) is 0. The van der Waals surface area contributed by atoms with Crippen LogP contribution in [0.4, 0.5) is 34.1 Å². The molecule has 0 radical (unpaired) electrons. The Bertz CT molecular complexity index is 4800. The van der Waals surface area contributed by atoms with Crippen LogP contribution < -0.4 is 35.7 Å². The second-order valence-electron chi connectivity index (χ2n) is 31.9. The summed E-state index contributed by atoms with van der Waals surface area (Å²) in [5.74, 6) is 3.54. The number of benzene rings is 11. The number of hydrogen-bond acceptors (Lipinski definition) is 4. The van der Waals surface area contributed by atoms with E-state index in [2.05, 4.69) is 345 Å². The van der Waals surface area contributed by atoms with Gasteiger partial charge in [-0.25, -0.2) is 0 Å². The summed E-state index contributed by atoms with van der Waals surface area (Å²) in [7, 11) is 0. The van der Waals surface area contributed by atoms with Gasteiger partial charge >= 0.3 is 0 Å². The van der Waals surface area contributed by atoms with Crippen LogP contribution >= 0.6 is 0 Å². The summed E-state index contributed by atoms with van der Waals surface area (Å²) in [6.45, 7) is 37.3. The van der Waals surface area contributed by atoms with Gasteiger partial charge in [0.05, 0.1) is 11.4 Å². The number of rotatable bonds is 6. The molecule has 0 aromatic heterocycles. The Kier molecular flexibility index (Phi) is 13.6. The lowest BCUT2D eigenvalue weighted by Crippen LogP contribution is -2.61. The normalized spacial score (nSPS) is 14.9. The van der Waals surface area contributed by atoms with Crippen molar-refractivity contribution in [3.05, 3.63) is 269 Å². The third-order valence-corrected chi connectivity index (χ3v) is 20.7. The minimum atomic E-state index is -0.392. The largest absolute Gasteiger partial charge is 0.457 e. The SMILES string of the molecule is CC(C)(C)c1cc(-c2ccccc2N2c3ccc(-c4ccccc4)cc3B3c4cc5c(cc4N(c4ccccc4-c4cc(C(C)(C)C)cc(C(C)(C)C)c4)c4cc(-c6ccc7c(c6)Oc6ccccc6C7(C)C)cc2c43)Oc2ccccc2C5(C)C)cc(C(C)(C)C)c1. The Balaban J connectivity index is 1.09. The van der Waals surface area contributed by atoms with E-state index in [0.29, 0.717) is 0 Å². The van der Waals surface area contributed by atoms with Crippen LogP contribution in [0.1, 0.15) is 155 Å². The van der Waals surface area contributed by atoms with Crippen LogP contribution in [0, 0.1) is 0 Å². The van der Waals surface area contributed by atoms with Crippen LogP contribution in [-0.2, 0) is 32.5 Å². The first-order valence-electron chi connectivity index (χ1n) is 33.5. The highest BCUT2D eigenvalue weighted by atomic mass is 16.5. The molecular weight excluding hydrogens is 1130 g/mol. The zero-order valence-corrected chi connectivity index (χ0v) is 57.2. The molecule has 5 heteroatoms. The van der Waals surface area contributed by atoms with E-state index in [1.165, 1.54) is 88.7 Å². The number of para-hydroxylation sites is 4. The van der Waals surface area contributed by atoms with Crippen molar-refractivity contribution >= 4 is 57.2 Å². The average molecular weight is 1210 g/mol. The fourth-order valence-electron chi connectivity index (χ4n) is 15.2. The molecule has 0 atom stereocenters. The monoisotopic (exact) mass is 1210 g/mol. The lowest BCUT2D eigenvalue weighted by atomic mass is 9.33. The van der Waals surface area contributed by atoms with Crippen LogP contribution in [0.3, 0.4) is 0 Å². The van der Waals surface area contributed by atoms with Gasteiger partial charge in [-0.3, -0.25) is 0 Å². The van der Waals surface area contributed by atoms with Crippen LogP contribution in [0.15, 0.2) is 224 Å². The molecule has 0 spiro atoms. The van der Waals surface area contributed by atoms with E-state index in [-0.39, 0.29) is 33.8 Å². The van der Waals surface area contributed by atoms with Crippen molar-refractivity contribution in [2.45, 2.75) is 143 Å². The molecule has 11 aromatic rings. The summed E-state index contributed by atoms with van der Waals surface area (Å²) in [5.41, 5.74) is 28.5. The van der Waals surface area contributed by atoms with Gasteiger partial charge in [0.1, 0.15) is 23.0 Å². The first kappa shape index (κ1) is 60.0. The van der Waals surface area contributed by atoms with E-state index in [0.717, 1.165) is 73.8 Å². The number of nitrogens with zero attached hydrogens (tertiary/aromatic N) is 2. The second kappa shape index (κ2) is 21.1. The van der Waals surface area contributed by atoms with Crippen molar-refractivity contribution < 1.29 is 9.47 Å². The average Bonchev–Trinajstić information content (AvgIpc) is 0.686. The third kappa shape index (κ3) is 9.94. The van der Waals surface area contributed by atoms with Gasteiger partial charge in [-0.1, -0.05) is 281 Å². The maximum atomic E-state index is 7.25. The molecule has 15 rings (SSSR count). The number of anilines is 6. The zero-order valence-electron chi connectivity index (χ0n) is 57.2. The second-order valence-corrected chi connectivity index (χ2v) is 31.9. The quantitative estimate of drug-likeness (QED) is 0.155. The highest BCUT2D eigenvalue weighted by Gasteiger charge is 2.47. The molecule has 4 aliphatic heterocycles. The fraction of sp³-hybridized carbons (Fsp3) is 0.250. The van der Waals surface area contributed by atoms with Gasteiger partial charge in [-0.15, -0.1) is 0 Å². The van der Waals surface area contributed by atoms with Crippen molar-refractivity contribution in [1.82, 2.24) is 0 Å². The van der Waals surface area contributed by atoms with Gasteiger partial charge in [0.15, 0.2) is 0 Å². The molecule has 0 fully saturated rings. The van der Waals surface area contributed by atoms with E-state index >= 15 is 0 Å². The summed E-state index contributed by atoms with van der Waals surface area (Å²) in [5, 5.41) is 0. The maximum Gasteiger partial charge on any atom is 0.252 e. The molecule has 93 heavy (non-hydrogen) atoms. The minimum absolute atomic E-state index is 0.0938. The van der Waals surface area contributed by atoms with Gasteiger partial charge in [-0.05, 0) is 142 Å². The van der Waals surface area contributed by atoms with Crippen LogP contribution in [-0.4, -0.2) is 6.71 Å². The summed E-state index contributed by atoms with van der Waals surface area (Å²) in [4.78, 5) is 5.25. The van der Waals surface area contributed by atoms with Gasteiger partial charge < -0.3 is 19.3 Å². The Morgan fingerprint density at radius 3 is 1.20 bits per heavy atom. The highest BCUT2D eigenvalue weighted by molar-refractivity contribution is 7.00. The minimum Gasteiger partial charge on any atom is -0.457 e. The van der Waals surface area contributed by atoms with Crippen molar-refractivity contribution in [3.8, 4) is 67.5 Å².